The molecule has 1 aromatic carbocycles. The molecule has 1 aromatic rings. The highest BCUT2D eigenvalue weighted by molar-refractivity contribution is 8.00. The minimum atomic E-state index is -3.90. The van der Waals surface area contributed by atoms with Crippen LogP contribution in [0.25, 0.3) is 0 Å². The first kappa shape index (κ1) is 18.0. The molecule has 9 heteroatoms. The quantitative estimate of drug-likeness (QED) is 0.787. The minimum Gasteiger partial charge on any atom is -0.340 e. The fourth-order valence-electron chi connectivity index (χ4n) is 2.83. The molecule has 1 unspecified atom stereocenters. The zero-order valence-electron chi connectivity index (χ0n) is 13.3. The van der Waals surface area contributed by atoms with Gasteiger partial charge in [-0.05, 0) is 24.6 Å². The molecule has 1 atom stereocenters. The number of rotatable bonds is 3. The van der Waals surface area contributed by atoms with Gasteiger partial charge >= 0.3 is 0 Å². The largest absolute Gasteiger partial charge is 0.340 e. The number of aryl methyl sites for hydroxylation is 1. The van der Waals surface area contributed by atoms with Crippen molar-refractivity contribution in [1.29, 1.82) is 0 Å². The van der Waals surface area contributed by atoms with Gasteiger partial charge in [-0.25, -0.2) is 12.8 Å². The van der Waals surface area contributed by atoms with Gasteiger partial charge < -0.3 is 4.90 Å². The first-order valence-electron chi connectivity index (χ1n) is 7.63. The van der Waals surface area contributed by atoms with Gasteiger partial charge in [0, 0.05) is 30.3 Å². The van der Waals surface area contributed by atoms with E-state index < -0.39 is 21.9 Å². The minimum absolute atomic E-state index is 0.0583. The third-order valence-corrected chi connectivity index (χ3v) is 8.30. The van der Waals surface area contributed by atoms with Crippen LogP contribution in [0.5, 0.6) is 0 Å². The number of thioether (sulfide) groups is 2. The van der Waals surface area contributed by atoms with Crippen LogP contribution in [0.4, 0.5) is 4.39 Å². The summed E-state index contributed by atoms with van der Waals surface area (Å²) in [5, 5.41) is 0. The Balaban J connectivity index is 1.89. The maximum Gasteiger partial charge on any atom is 0.244 e. The molecule has 2 saturated heterocycles. The van der Waals surface area contributed by atoms with E-state index in [0.717, 1.165) is 17.6 Å². The molecule has 2 fully saturated rings. The summed E-state index contributed by atoms with van der Waals surface area (Å²) in [7, 11) is -3.90. The Hall–Kier alpha value is -0.770. The molecule has 2 heterocycles. The molecule has 5 nitrogen and oxygen atoms in total. The maximum absolute atomic E-state index is 13.5. The number of carbonyl (C=O) groups is 1. The number of hydrogen-bond acceptors (Lipinski definition) is 5. The number of carbonyl (C=O) groups excluding carboxylic acids is 1. The number of nitrogens with zero attached hydrogens (tertiary/aromatic N) is 2. The second-order valence-corrected chi connectivity index (χ2v) is 9.84. The van der Waals surface area contributed by atoms with Crippen molar-refractivity contribution in [2.24, 2.45) is 0 Å². The number of amides is 1. The lowest BCUT2D eigenvalue weighted by atomic mass is 10.2. The number of sulfonamides is 1. The molecule has 0 radical (unpaired) electrons. The van der Waals surface area contributed by atoms with E-state index in [1.165, 1.54) is 28.2 Å². The van der Waals surface area contributed by atoms with Crippen LogP contribution in [0.2, 0.25) is 0 Å². The lowest BCUT2D eigenvalue weighted by Crippen LogP contribution is -2.51. The zero-order valence-corrected chi connectivity index (χ0v) is 15.7. The molecular weight excluding hydrogens is 371 g/mol. The number of halogens is 1. The Morgan fingerprint density at radius 3 is 2.67 bits per heavy atom. The van der Waals surface area contributed by atoms with Gasteiger partial charge in [-0.3, -0.25) is 4.79 Å². The lowest BCUT2D eigenvalue weighted by Gasteiger charge is -2.31. The molecule has 0 saturated carbocycles. The molecule has 1 amide bonds. The summed E-state index contributed by atoms with van der Waals surface area (Å²) in [5.41, 5.74) is 0.480. The van der Waals surface area contributed by atoms with Crippen LogP contribution in [-0.2, 0) is 14.8 Å². The highest BCUT2D eigenvalue weighted by atomic mass is 32.2. The molecule has 2 aliphatic heterocycles. The van der Waals surface area contributed by atoms with Crippen LogP contribution in [0.15, 0.2) is 23.1 Å². The predicted molar refractivity (Wildman–Crippen MR) is 95.2 cm³/mol. The molecule has 24 heavy (non-hydrogen) atoms. The van der Waals surface area contributed by atoms with E-state index in [9.17, 15) is 17.6 Å². The summed E-state index contributed by atoms with van der Waals surface area (Å²) in [5.74, 6) is 1.68. The lowest BCUT2D eigenvalue weighted by molar-refractivity contribution is -0.133. The molecule has 2 aliphatic rings. The first-order valence-corrected chi connectivity index (χ1v) is 11.4. The monoisotopic (exact) mass is 390 g/mol. The van der Waals surface area contributed by atoms with Gasteiger partial charge in [0.1, 0.15) is 11.9 Å². The standard InChI is InChI=1S/C15H19FN2O3S3/c1-11-2-3-12(16)8-14(11)24(20,21)18-10-23-9-13(18)15(19)17-4-6-22-7-5-17/h2-3,8,13H,4-7,9-10H2,1H3. The topological polar surface area (TPSA) is 57.7 Å². The Bertz CT molecular complexity index is 735. The second kappa shape index (κ2) is 7.23. The molecule has 0 bridgehead atoms. The van der Waals surface area contributed by atoms with Gasteiger partial charge in [0.05, 0.1) is 10.8 Å². The summed E-state index contributed by atoms with van der Waals surface area (Å²) in [6.07, 6.45) is 0. The maximum atomic E-state index is 13.5. The van der Waals surface area contributed by atoms with E-state index in [1.807, 2.05) is 0 Å². The van der Waals surface area contributed by atoms with Crippen LogP contribution < -0.4 is 0 Å². The van der Waals surface area contributed by atoms with Crippen LogP contribution in [0.3, 0.4) is 0 Å². The van der Waals surface area contributed by atoms with Gasteiger partial charge in [-0.2, -0.15) is 16.1 Å². The average molecular weight is 391 g/mol. The Kier molecular flexibility index (Phi) is 5.43. The van der Waals surface area contributed by atoms with Crippen molar-refractivity contribution in [2.45, 2.75) is 17.9 Å². The predicted octanol–water partition coefficient (Wildman–Crippen LogP) is 1.77. The van der Waals surface area contributed by atoms with Gasteiger partial charge in [0.15, 0.2) is 0 Å². The molecule has 0 aromatic heterocycles. The Labute approximate surface area is 150 Å². The molecule has 0 N–H and O–H groups in total. The SMILES string of the molecule is Cc1ccc(F)cc1S(=O)(=O)N1CSCC1C(=O)N1CCSCC1. The third-order valence-electron chi connectivity index (χ3n) is 4.19. The van der Waals surface area contributed by atoms with Crippen molar-refractivity contribution in [3.63, 3.8) is 0 Å². The summed E-state index contributed by atoms with van der Waals surface area (Å²) in [6, 6.07) is 3.02. The van der Waals surface area contributed by atoms with E-state index >= 15 is 0 Å². The Morgan fingerprint density at radius 1 is 1.25 bits per heavy atom. The van der Waals surface area contributed by atoms with E-state index in [4.69, 9.17) is 0 Å². The van der Waals surface area contributed by atoms with Crippen molar-refractivity contribution < 1.29 is 17.6 Å². The summed E-state index contributed by atoms with van der Waals surface area (Å²) < 4.78 is 40.7. The van der Waals surface area contributed by atoms with Crippen molar-refractivity contribution in [1.82, 2.24) is 9.21 Å². The van der Waals surface area contributed by atoms with Crippen LogP contribution in [0, 0.1) is 12.7 Å². The molecule has 132 valence electrons. The smallest absolute Gasteiger partial charge is 0.244 e. The van der Waals surface area contributed by atoms with Crippen LogP contribution in [-0.4, -0.2) is 65.8 Å². The van der Waals surface area contributed by atoms with E-state index in [2.05, 4.69) is 0 Å². The average Bonchev–Trinajstić information content (AvgIpc) is 3.07. The molecule has 0 spiro atoms. The van der Waals surface area contributed by atoms with Crippen LogP contribution in [0.1, 0.15) is 5.56 Å². The van der Waals surface area contributed by atoms with Gasteiger partial charge in [-0.15, -0.1) is 11.8 Å². The fourth-order valence-corrected chi connectivity index (χ4v) is 7.11. The van der Waals surface area contributed by atoms with Crippen molar-refractivity contribution in [3.05, 3.63) is 29.6 Å². The van der Waals surface area contributed by atoms with Crippen molar-refractivity contribution in [2.75, 3.05) is 36.2 Å². The normalized spacial score (nSPS) is 22.8. The number of hydrogen-bond donors (Lipinski definition) is 0. The van der Waals surface area contributed by atoms with Crippen molar-refractivity contribution in [3.8, 4) is 0 Å². The fraction of sp³-hybridized carbons (Fsp3) is 0.533. The zero-order chi connectivity index (χ0) is 17.3. The highest BCUT2D eigenvalue weighted by Crippen LogP contribution is 2.31. The summed E-state index contributed by atoms with van der Waals surface area (Å²) >= 11 is 3.21. The number of benzene rings is 1. The van der Waals surface area contributed by atoms with Gasteiger partial charge in [0.25, 0.3) is 0 Å². The Morgan fingerprint density at radius 2 is 1.96 bits per heavy atom. The van der Waals surface area contributed by atoms with Crippen LogP contribution >= 0.6 is 23.5 Å². The summed E-state index contributed by atoms with van der Waals surface area (Å²) in [4.78, 5) is 14.4. The van der Waals surface area contributed by atoms with Crippen molar-refractivity contribution >= 4 is 39.5 Å². The first-order chi connectivity index (χ1) is 11.4. The van der Waals surface area contributed by atoms with E-state index in [-0.39, 0.29) is 16.7 Å². The molecular formula is C15H19FN2O3S3. The van der Waals surface area contributed by atoms with Gasteiger partial charge in [0.2, 0.25) is 15.9 Å². The molecule has 0 aliphatic carbocycles. The molecule has 3 rings (SSSR count). The second-order valence-electron chi connectivity index (χ2n) is 5.76. The third kappa shape index (κ3) is 3.44. The van der Waals surface area contributed by atoms with E-state index in [1.54, 1.807) is 23.6 Å². The van der Waals surface area contributed by atoms with Gasteiger partial charge in [-0.1, -0.05) is 6.07 Å². The van der Waals surface area contributed by atoms with E-state index in [0.29, 0.717) is 24.4 Å². The highest BCUT2D eigenvalue weighted by Gasteiger charge is 2.42. The summed E-state index contributed by atoms with van der Waals surface area (Å²) in [6.45, 7) is 2.93.